The highest BCUT2D eigenvalue weighted by Gasteiger charge is 2.30. The van der Waals surface area contributed by atoms with E-state index in [2.05, 4.69) is 5.32 Å². The van der Waals surface area contributed by atoms with Gasteiger partial charge < -0.3 is 15.2 Å². The van der Waals surface area contributed by atoms with Crippen molar-refractivity contribution in [3.05, 3.63) is 65.2 Å². The standard InChI is InChI=1S/C19H21F2NO3/c1-19(2,12-7-9-13(25-3)10-8-12)18(24)22-11-16(23)17-14(20)5-4-6-15(17)21/h4-10,16,23H,11H2,1-3H3,(H,22,24). The average molecular weight is 349 g/mol. The van der Waals surface area contributed by atoms with Crippen LogP contribution in [0, 0.1) is 11.6 Å². The minimum atomic E-state index is -1.48. The smallest absolute Gasteiger partial charge is 0.230 e. The van der Waals surface area contributed by atoms with Crippen molar-refractivity contribution >= 4 is 5.91 Å². The third-order valence-corrected chi connectivity index (χ3v) is 4.17. The van der Waals surface area contributed by atoms with Gasteiger partial charge in [-0.25, -0.2) is 8.78 Å². The Kier molecular flexibility index (Phi) is 5.74. The van der Waals surface area contributed by atoms with E-state index < -0.39 is 28.7 Å². The summed E-state index contributed by atoms with van der Waals surface area (Å²) in [6.07, 6.45) is -1.48. The van der Waals surface area contributed by atoms with E-state index in [-0.39, 0.29) is 12.5 Å². The van der Waals surface area contributed by atoms with E-state index in [4.69, 9.17) is 4.74 Å². The van der Waals surface area contributed by atoms with E-state index in [1.54, 1.807) is 45.2 Å². The van der Waals surface area contributed by atoms with Crippen molar-refractivity contribution in [1.82, 2.24) is 5.32 Å². The Hall–Kier alpha value is -2.47. The fourth-order valence-electron chi connectivity index (χ4n) is 2.48. The number of hydrogen-bond acceptors (Lipinski definition) is 3. The first kappa shape index (κ1) is 18.9. The first-order valence-corrected chi connectivity index (χ1v) is 7.82. The molecular weight excluding hydrogens is 328 g/mol. The molecule has 134 valence electrons. The van der Waals surface area contributed by atoms with E-state index in [9.17, 15) is 18.7 Å². The van der Waals surface area contributed by atoms with Gasteiger partial charge in [0.15, 0.2) is 0 Å². The van der Waals surface area contributed by atoms with Gasteiger partial charge in [-0.2, -0.15) is 0 Å². The number of amides is 1. The van der Waals surface area contributed by atoms with Gasteiger partial charge in [0.1, 0.15) is 23.5 Å². The van der Waals surface area contributed by atoms with Crippen LogP contribution in [0.2, 0.25) is 0 Å². The van der Waals surface area contributed by atoms with Crippen LogP contribution in [0.3, 0.4) is 0 Å². The highest BCUT2D eigenvalue weighted by molar-refractivity contribution is 5.87. The van der Waals surface area contributed by atoms with Crippen LogP contribution in [0.15, 0.2) is 42.5 Å². The number of hydrogen-bond donors (Lipinski definition) is 2. The minimum Gasteiger partial charge on any atom is -0.497 e. The molecule has 0 bridgehead atoms. The fourth-order valence-corrected chi connectivity index (χ4v) is 2.48. The number of benzene rings is 2. The number of ether oxygens (including phenoxy) is 1. The summed E-state index contributed by atoms with van der Waals surface area (Å²) in [5, 5.41) is 12.6. The van der Waals surface area contributed by atoms with Crippen LogP contribution >= 0.6 is 0 Å². The summed E-state index contributed by atoms with van der Waals surface area (Å²) in [4.78, 5) is 12.5. The first-order valence-electron chi connectivity index (χ1n) is 7.82. The van der Waals surface area contributed by atoms with Crippen molar-refractivity contribution in [2.75, 3.05) is 13.7 Å². The Balaban J connectivity index is 2.07. The number of rotatable bonds is 6. The lowest BCUT2D eigenvalue weighted by atomic mass is 9.83. The minimum absolute atomic E-state index is 0.295. The predicted molar refractivity (Wildman–Crippen MR) is 90.3 cm³/mol. The molecule has 2 N–H and O–H groups in total. The van der Waals surface area contributed by atoms with Crippen molar-refractivity contribution in [2.24, 2.45) is 0 Å². The molecule has 2 aromatic carbocycles. The van der Waals surface area contributed by atoms with Gasteiger partial charge in [0.25, 0.3) is 0 Å². The lowest BCUT2D eigenvalue weighted by molar-refractivity contribution is -0.126. The third kappa shape index (κ3) is 4.14. The highest BCUT2D eigenvalue weighted by atomic mass is 19.1. The van der Waals surface area contributed by atoms with Crippen LogP contribution in [0.25, 0.3) is 0 Å². The van der Waals surface area contributed by atoms with Crippen LogP contribution in [-0.4, -0.2) is 24.7 Å². The van der Waals surface area contributed by atoms with Gasteiger partial charge >= 0.3 is 0 Å². The van der Waals surface area contributed by atoms with Crippen molar-refractivity contribution < 1.29 is 23.4 Å². The Morgan fingerprint density at radius 3 is 2.24 bits per heavy atom. The summed E-state index contributed by atoms with van der Waals surface area (Å²) < 4.78 is 32.4. The number of aliphatic hydroxyl groups is 1. The molecule has 0 fully saturated rings. The third-order valence-electron chi connectivity index (χ3n) is 4.17. The second-order valence-corrected chi connectivity index (χ2v) is 6.21. The van der Waals surface area contributed by atoms with Gasteiger partial charge in [0.2, 0.25) is 5.91 Å². The van der Waals surface area contributed by atoms with Crippen LogP contribution in [0.5, 0.6) is 5.75 Å². The molecule has 1 atom stereocenters. The van der Waals surface area contributed by atoms with Crippen molar-refractivity contribution in [3.63, 3.8) is 0 Å². The molecule has 0 saturated heterocycles. The molecule has 0 spiro atoms. The summed E-state index contributed by atoms with van der Waals surface area (Å²) in [5.74, 6) is -1.40. The monoisotopic (exact) mass is 349 g/mol. The van der Waals surface area contributed by atoms with Crippen molar-refractivity contribution in [3.8, 4) is 5.75 Å². The Bertz CT molecular complexity index is 725. The molecule has 1 amide bonds. The predicted octanol–water partition coefficient (Wildman–Crippen LogP) is 3.10. The molecule has 0 aliphatic carbocycles. The zero-order chi connectivity index (χ0) is 18.6. The number of halogens is 2. The number of aliphatic hydroxyl groups excluding tert-OH is 1. The van der Waals surface area contributed by atoms with Gasteiger partial charge in [-0.3, -0.25) is 4.79 Å². The molecule has 2 rings (SSSR count). The number of methoxy groups -OCH3 is 1. The summed E-state index contributed by atoms with van der Waals surface area (Å²) >= 11 is 0. The largest absolute Gasteiger partial charge is 0.497 e. The summed E-state index contributed by atoms with van der Waals surface area (Å²) in [5.41, 5.74) is -0.595. The van der Waals surface area contributed by atoms with E-state index in [0.717, 1.165) is 17.7 Å². The summed E-state index contributed by atoms with van der Waals surface area (Å²) in [6, 6.07) is 10.4. The normalized spacial score (nSPS) is 12.6. The van der Waals surface area contributed by atoms with Crippen LogP contribution in [0.1, 0.15) is 31.1 Å². The molecule has 0 aliphatic heterocycles. The molecule has 1 unspecified atom stereocenters. The maximum absolute atomic E-state index is 13.7. The quantitative estimate of drug-likeness (QED) is 0.843. The Labute approximate surface area is 145 Å². The van der Waals surface area contributed by atoms with Crippen LogP contribution < -0.4 is 10.1 Å². The zero-order valence-electron chi connectivity index (χ0n) is 14.3. The molecule has 4 nitrogen and oxygen atoms in total. The Morgan fingerprint density at radius 2 is 1.72 bits per heavy atom. The molecule has 0 aliphatic rings. The van der Waals surface area contributed by atoms with Crippen LogP contribution in [-0.2, 0) is 10.2 Å². The molecule has 6 heteroatoms. The Morgan fingerprint density at radius 1 is 1.16 bits per heavy atom. The molecule has 0 heterocycles. The molecule has 0 radical (unpaired) electrons. The first-order chi connectivity index (χ1) is 11.8. The van der Waals surface area contributed by atoms with Gasteiger partial charge in [-0.1, -0.05) is 18.2 Å². The lowest BCUT2D eigenvalue weighted by Gasteiger charge is -2.25. The van der Waals surface area contributed by atoms with E-state index >= 15 is 0 Å². The molecule has 0 saturated carbocycles. The van der Waals surface area contributed by atoms with E-state index in [1.807, 2.05) is 0 Å². The second kappa shape index (κ2) is 7.61. The summed E-state index contributed by atoms with van der Waals surface area (Å²) in [7, 11) is 1.55. The molecular formula is C19H21F2NO3. The number of carbonyl (C=O) groups excluding carboxylic acids is 1. The zero-order valence-corrected chi connectivity index (χ0v) is 14.3. The van der Waals surface area contributed by atoms with Gasteiger partial charge in [0, 0.05) is 6.54 Å². The number of carbonyl (C=O) groups is 1. The van der Waals surface area contributed by atoms with E-state index in [1.165, 1.54) is 6.07 Å². The topological polar surface area (TPSA) is 58.6 Å². The highest BCUT2D eigenvalue weighted by Crippen LogP contribution is 2.26. The lowest BCUT2D eigenvalue weighted by Crippen LogP contribution is -2.41. The molecule has 2 aromatic rings. The van der Waals surface area contributed by atoms with Crippen molar-refractivity contribution in [1.29, 1.82) is 0 Å². The SMILES string of the molecule is COc1ccc(C(C)(C)C(=O)NCC(O)c2c(F)cccc2F)cc1. The molecule has 25 heavy (non-hydrogen) atoms. The van der Waals surface area contributed by atoms with E-state index in [0.29, 0.717) is 5.75 Å². The maximum atomic E-state index is 13.7. The average Bonchev–Trinajstić information content (AvgIpc) is 2.59. The van der Waals surface area contributed by atoms with Crippen molar-refractivity contribution in [2.45, 2.75) is 25.4 Å². The van der Waals surface area contributed by atoms with Gasteiger partial charge in [-0.15, -0.1) is 0 Å². The second-order valence-electron chi connectivity index (χ2n) is 6.21. The van der Waals surface area contributed by atoms with Gasteiger partial charge in [-0.05, 0) is 43.7 Å². The fraction of sp³-hybridized carbons (Fsp3) is 0.316. The number of nitrogens with one attached hydrogen (secondary N) is 1. The molecule has 0 aromatic heterocycles. The maximum Gasteiger partial charge on any atom is 0.230 e. The summed E-state index contributed by atoms with van der Waals surface area (Å²) in [6.45, 7) is 3.15. The van der Waals surface area contributed by atoms with Gasteiger partial charge in [0.05, 0.1) is 18.1 Å². The van der Waals surface area contributed by atoms with Crippen LogP contribution in [0.4, 0.5) is 8.78 Å².